The molecule has 0 radical (unpaired) electrons. The molecule has 1 saturated heterocycles. The van der Waals surface area contributed by atoms with E-state index < -0.39 is 5.41 Å². The predicted molar refractivity (Wildman–Crippen MR) is 130 cm³/mol. The van der Waals surface area contributed by atoms with E-state index in [1.807, 2.05) is 54.6 Å². The fraction of sp³-hybridized carbons (Fsp3) is 0.286. The molecule has 5 nitrogen and oxygen atoms in total. The van der Waals surface area contributed by atoms with Gasteiger partial charge in [-0.2, -0.15) is 0 Å². The number of amides is 2. The van der Waals surface area contributed by atoms with Crippen molar-refractivity contribution in [2.45, 2.75) is 25.7 Å². The molecule has 5 heteroatoms. The van der Waals surface area contributed by atoms with E-state index in [-0.39, 0.29) is 11.8 Å². The molecule has 0 aliphatic carbocycles. The minimum atomic E-state index is -0.759. The van der Waals surface area contributed by atoms with Gasteiger partial charge in [-0.25, -0.2) is 0 Å². The first-order valence-corrected chi connectivity index (χ1v) is 11.4. The molecular formula is C28H30N2O3. The summed E-state index contributed by atoms with van der Waals surface area (Å²) in [6, 6.07) is 26.0. The first-order chi connectivity index (χ1) is 16.0. The molecule has 1 aliphatic rings. The Hall–Kier alpha value is -3.60. The number of methoxy groups -OCH3 is 1. The molecule has 1 fully saturated rings. The summed E-state index contributed by atoms with van der Waals surface area (Å²) in [5.74, 6) is 0.487. The average molecular weight is 443 g/mol. The van der Waals surface area contributed by atoms with E-state index in [4.69, 9.17) is 10.5 Å². The summed E-state index contributed by atoms with van der Waals surface area (Å²) in [6.07, 6.45) is 2.06. The lowest BCUT2D eigenvalue weighted by Gasteiger charge is -2.27. The SMILES string of the molecule is COc1ccccc1CCC(=O)N1CCC(Cc2ccccc2-c2ccccc2)(C(N)=O)C1. The third-order valence-corrected chi connectivity index (χ3v) is 6.66. The Labute approximate surface area is 195 Å². The zero-order valence-electron chi connectivity index (χ0n) is 19.0. The number of nitrogens with two attached hydrogens (primary N) is 1. The van der Waals surface area contributed by atoms with Crippen molar-refractivity contribution in [3.8, 4) is 16.9 Å². The van der Waals surface area contributed by atoms with Crippen LogP contribution in [0.5, 0.6) is 5.75 Å². The van der Waals surface area contributed by atoms with Gasteiger partial charge in [-0.1, -0.05) is 72.8 Å². The van der Waals surface area contributed by atoms with Crippen LogP contribution in [-0.2, 0) is 22.4 Å². The van der Waals surface area contributed by atoms with Crippen LogP contribution in [0.1, 0.15) is 24.0 Å². The van der Waals surface area contributed by atoms with Crippen molar-refractivity contribution >= 4 is 11.8 Å². The van der Waals surface area contributed by atoms with Gasteiger partial charge in [0, 0.05) is 19.5 Å². The van der Waals surface area contributed by atoms with Crippen molar-refractivity contribution in [1.82, 2.24) is 4.90 Å². The van der Waals surface area contributed by atoms with Gasteiger partial charge in [-0.3, -0.25) is 9.59 Å². The maximum Gasteiger partial charge on any atom is 0.225 e. The van der Waals surface area contributed by atoms with Crippen LogP contribution < -0.4 is 10.5 Å². The van der Waals surface area contributed by atoms with Gasteiger partial charge in [0.05, 0.1) is 12.5 Å². The zero-order valence-corrected chi connectivity index (χ0v) is 19.0. The second-order valence-electron chi connectivity index (χ2n) is 8.72. The number of primary amides is 1. The van der Waals surface area contributed by atoms with E-state index in [2.05, 4.69) is 24.3 Å². The summed E-state index contributed by atoms with van der Waals surface area (Å²) < 4.78 is 5.40. The van der Waals surface area contributed by atoms with Crippen LogP contribution in [0.25, 0.3) is 11.1 Å². The molecule has 170 valence electrons. The predicted octanol–water partition coefficient (Wildman–Crippen LogP) is 4.24. The normalized spacial score (nSPS) is 17.7. The molecule has 1 unspecified atom stereocenters. The van der Waals surface area contributed by atoms with E-state index in [0.29, 0.717) is 38.8 Å². The number of carbonyl (C=O) groups is 2. The molecule has 0 aromatic heterocycles. The fourth-order valence-corrected chi connectivity index (χ4v) is 4.77. The van der Waals surface area contributed by atoms with E-state index >= 15 is 0 Å². The van der Waals surface area contributed by atoms with Crippen LogP contribution in [0.15, 0.2) is 78.9 Å². The van der Waals surface area contributed by atoms with Crippen LogP contribution in [0.4, 0.5) is 0 Å². The summed E-state index contributed by atoms with van der Waals surface area (Å²) in [6.45, 7) is 0.900. The minimum Gasteiger partial charge on any atom is -0.496 e. The molecule has 1 aliphatic heterocycles. The Bertz CT molecular complexity index is 1130. The van der Waals surface area contributed by atoms with Gasteiger partial charge >= 0.3 is 0 Å². The fourth-order valence-electron chi connectivity index (χ4n) is 4.77. The van der Waals surface area contributed by atoms with Gasteiger partial charge in [0.25, 0.3) is 0 Å². The van der Waals surface area contributed by atoms with Crippen molar-refractivity contribution in [2.24, 2.45) is 11.1 Å². The van der Waals surface area contributed by atoms with E-state index in [1.54, 1.807) is 12.0 Å². The highest BCUT2D eigenvalue weighted by molar-refractivity contribution is 5.85. The van der Waals surface area contributed by atoms with Crippen molar-refractivity contribution in [3.05, 3.63) is 90.0 Å². The second-order valence-corrected chi connectivity index (χ2v) is 8.72. The first kappa shape index (κ1) is 22.6. The van der Waals surface area contributed by atoms with E-state index in [1.165, 1.54) is 0 Å². The average Bonchev–Trinajstić information content (AvgIpc) is 3.29. The Morgan fingerprint density at radius 1 is 0.939 bits per heavy atom. The summed E-state index contributed by atoms with van der Waals surface area (Å²) in [7, 11) is 1.63. The summed E-state index contributed by atoms with van der Waals surface area (Å²) in [4.78, 5) is 27.5. The molecule has 1 heterocycles. The monoisotopic (exact) mass is 442 g/mol. The number of benzene rings is 3. The maximum atomic E-state index is 13.0. The number of likely N-dealkylation sites (tertiary alicyclic amines) is 1. The van der Waals surface area contributed by atoms with Crippen LogP contribution >= 0.6 is 0 Å². The van der Waals surface area contributed by atoms with Crippen LogP contribution in [0.2, 0.25) is 0 Å². The number of para-hydroxylation sites is 1. The quantitative estimate of drug-likeness (QED) is 0.567. The molecule has 1 atom stereocenters. The summed E-state index contributed by atoms with van der Waals surface area (Å²) in [5, 5.41) is 0. The highest BCUT2D eigenvalue weighted by Crippen LogP contribution is 2.37. The number of carbonyl (C=O) groups excluding carboxylic acids is 2. The molecular weight excluding hydrogens is 412 g/mol. The third kappa shape index (κ3) is 4.92. The molecule has 0 spiro atoms. The summed E-state index contributed by atoms with van der Waals surface area (Å²) in [5.41, 5.74) is 9.47. The summed E-state index contributed by atoms with van der Waals surface area (Å²) >= 11 is 0. The largest absolute Gasteiger partial charge is 0.496 e. The molecule has 3 aromatic rings. The van der Waals surface area contributed by atoms with Gasteiger partial charge in [0.15, 0.2) is 0 Å². The van der Waals surface area contributed by atoms with Gasteiger partial charge in [-0.15, -0.1) is 0 Å². The van der Waals surface area contributed by atoms with Crippen LogP contribution in [-0.4, -0.2) is 36.9 Å². The molecule has 4 rings (SSSR count). The molecule has 2 N–H and O–H groups in total. The molecule has 33 heavy (non-hydrogen) atoms. The topological polar surface area (TPSA) is 72.6 Å². The van der Waals surface area contributed by atoms with Crippen LogP contribution in [0.3, 0.4) is 0 Å². The number of hydrogen-bond donors (Lipinski definition) is 1. The lowest BCUT2D eigenvalue weighted by atomic mass is 9.78. The lowest BCUT2D eigenvalue weighted by molar-refractivity contribution is -0.132. The molecule has 0 bridgehead atoms. The van der Waals surface area contributed by atoms with Gasteiger partial charge < -0.3 is 15.4 Å². The van der Waals surface area contributed by atoms with Gasteiger partial charge in [0.1, 0.15) is 5.75 Å². The second kappa shape index (κ2) is 9.90. The Morgan fingerprint density at radius 3 is 2.33 bits per heavy atom. The number of nitrogens with zero attached hydrogens (tertiary/aromatic N) is 1. The van der Waals surface area contributed by atoms with Crippen molar-refractivity contribution in [2.75, 3.05) is 20.2 Å². The molecule has 2 amide bonds. The Morgan fingerprint density at radius 2 is 1.61 bits per heavy atom. The highest BCUT2D eigenvalue weighted by Gasteiger charge is 2.45. The molecule has 0 saturated carbocycles. The van der Waals surface area contributed by atoms with Crippen LogP contribution in [0, 0.1) is 5.41 Å². The maximum absolute atomic E-state index is 13.0. The smallest absolute Gasteiger partial charge is 0.225 e. The van der Waals surface area contributed by atoms with E-state index in [0.717, 1.165) is 28.0 Å². The van der Waals surface area contributed by atoms with Crippen molar-refractivity contribution in [3.63, 3.8) is 0 Å². The highest BCUT2D eigenvalue weighted by atomic mass is 16.5. The standard InChI is InChI=1S/C28H30N2O3/c1-33-25-14-8-6-11-22(25)15-16-26(31)30-18-17-28(20-30,27(29)32)19-23-12-5-7-13-24(23)21-9-3-2-4-10-21/h2-14H,15-20H2,1H3,(H2,29,32). The Balaban J connectivity index is 1.49. The molecule has 3 aromatic carbocycles. The van der Waals surface area contributed by atoms with Gasteiger partial charge in [0.2, 0.25) is 11.8 Å². The van der Waals surface area contributed by atoms with E-state index in [9.17, 15) is 9.59 Å². The van der Waals surface area contributed by atoms with Crippen molar-refractivity contribution < 1.29 is 14.3 Å². The van der Waals surface area contributed by atoms with Gasteiger partial charge in [-0.05, 0) is 47.6 Å². The lowest BCUT2D eigenvalue weighted by Crippen LogP contribution is -2.42. The Kier molecular flexibility index (Phi) is 6.78. The number of ether oxygens (including phenoxy) is 1. The number of hydrogen-bond acceptors (Lipinski definition) is 3. The first-order valence-electron chi connectivity index (χ1n) is 11.4. The zero-order chi connectivity index (χ0) is 23.3. The third-order valence-electron chi connectivity index (χ3n) is 6.66. The van der Waals surface area contributed by atoms with Crippen molar-refractivity contribution in [1.29, 1.82) is 0 Å². The number of aryl methyl sites for hydroxylation is 1. The number of rotatable bonds is 8. The minimum absolute atomic E-state index is 0.0420.